The van der Waals surface area contributed by atoms with Crippen molar-refractivity contribution in [1.29, 1.82) is 0 Å². The Hall–Kier alpha value is -4.07. The van der Waals surface area contributed by atoms with Crippen LogP contribution in [0.1, 0.15) is 31.8 Å². The van der Waals surface area contributed by atoms with E-state index in [4.69, 9.17) is 0 Å². The quantitative estimate of drug-likeness (QED) is 0.203. The van der Waals surface area contributed by atoms with Crippen LogP contribution in [0.3, 0.4) is 0 Å². The number of carbonyl (C=O) groups excluding carboxylic acids is 2. The van der Waals surface area contributed by atoms with Crippen molar-refractivity contribution >= 4 is 11.9 Å². The Morgan fingerprint density at radius 3 is 1.09 bits per heavy atom. The van der Waals surface area contributed by atoms with Crippen LogP contribution in [0.5, 0.6) is 0 Å². The van der Waals surface area contributed by atoms with Gasteiger partial charge >= 0.3 is 16.5 Å². The average molecular weight is 685 g/mol. The summed E-state index contributed by atoms with van der Waals surface area (Å²) in [7, 11) is 0. The molecule has 0 bridgehead atoms. The van der Waals surface area contributed by atoms with E-state index in [1.807, 2.05) is 0 Å². The molecule has 0 unspecified atom stereocenters. The van der Waals surface area contributed by atoms with Crippen LogP contribution in [0, 0.1) is 0 Å². The summed E-state index contributed by atoms with van der Waals surface area (Å²) in [6, 6.07) is 26.9. The predicted molar refractivity (Wildman–Crippen MR) is 173 cm³/mol. The molecule has 1 aliphatic rings. The van der Waals surface area contributed by atoms with Crippen molar-refractivity contribution in [2.24, 2.45) is 0 Å². The Morgan fingerprint density at radius 1 is 0.532 bits per heavy atom. The van der Waals surface area contributed by atoms with Gasteiger partial charge in [0, 0.05) is 102 Å². The molecule has 2 aromatic carbocycles. The van der Waals surface area contributed by atoms with Gasteiger partial charge in [0.25, 0.3) is 0 Å². The van der Waals surface area contributed by atoms with Crippen molar-refractivity contribution in [3.63, 3.8) is 0 Å². The number of nitrogens with one attached hydrogen (secondary N) is 4. The smallest absolute Gasteiger partial charge is 0.545 e. The summed E-state index contributed by atoms with van der Waals surface area (Å²) in [5.41, 5.74) is 3.01. The summed E-state index contributed by atoms with van der Waals surface area (Å²) in [5.74, 6) is -2.34. The van der Waals surface area contributed by atoms with Crippen molar-refractivity contribution in [2.45, 2.75) is 13.1 Å². The molecule has 0 saturated carbocycles. The van der Waals surface area contributed by atoms with Gasteiger partial charge in [0.1, 0.15) is 0 Å². The first-order valence-electron chi connectivity index (χ1n) is 15.1. The number of carboxylic acids is 2. The van der Waals surface area contributed by atoms with Crippen LogP contribution < -0.4 is 31.5 Å². The molecule has 0 radical (unpaired) electrons. The van der Waals surface area contributed by atoms with Gasteiger partial charge in [-0.1, -0.05) is 60.7 Å². The van der Waals surface area contributed by atoms with Crippen LogP contribution in [-0.4, -0.2) is 84.6 Å². The summed E-state index contributed by atoms with van der Waals surface area (Å²) < 4.78 is 0. The van der Waals surface area contributed by atoms with Crippen molar-refractivity contribution in [3.8, 4) is 0 Å². The molecule has 1 saturated heterocycles. The molecular weight excluding hydrogens is 643 g/mol. The number of hydrogen-bond donors (Lipinski definition) is 4. The molecule has 1 fully saturated rings. The Labute approximate surface area is 286 Å². The third kappa shape index (κ3) is 17.4. The second-order valence-electron chi connectivity index (χ2n) is 10.3. The normalized spacial score (nSPS) is 14.8. The van der Waals surface area contributed by atoms with E-state index in [-0.39, 0.29) is 27.6 Å². The first-order valence-corrected chi connectivity index (χ1v) is 15.1. The molecule has 13 heteroatoms. The first-order chi connectivity index (χ1) is 22.5. The summed E-state index contributed by atoms with van der Waals surface area (Å²) >= 11 is 0. The van der Waals surface area contributed by atoms with Crippen molar-refractivity contribution in [2.75, 3.05) is 52.9 Å². The van der Waals surface area contributed by atoms with Crippen LogP contribution in [-0.2, 0) is 29.6 Å². The van der Waals surface area contributed by atoms with Crippen molar-refractivity contribution in [3.05, 3.63) is 132 Å². The van der Waals surface area contributed by atoms with Gasteiger partial charge in [0.05, 0.1) is 11.9 Å². The van der Waals surface area contributed by atoms with E-state index in [2.05, 4.69) is 102 Å². The average Bonchev–Trinajstić information content (AvgIpc) is 3.09. The molecule has 0 amide bonds. The van der Waals surface area contributed by atoms with Gasteiger partial charge in [-0.3, -0.25) is 19.8 Å². The Balaban J connectivity index is 0.000000328. The minimum atomic E-state index is -1.17. The zero-order valence-corrected chi connectivity index (χ0v) is 27.2. The van der Waals surface area contributed by atoms with E-state index >= 15 is 0 Å². The minimum absolute atomic E-state index is 0. The van der Waals surface area contributed by atoms with E-state index in [0.717, 1.165) is 65.9 Å². The molecule has 47 heavy (non-hydrogen) atoms. The monoisotopic (exact) mass is 684 g/mol. The van der Waals surface area contributed by atoms with Crippen LogP contribution in [0.2, 0.25) is 0 Å². The fraction of sp³-hybridized carbons (Fsp3) is 0.294. The largest absolute Gasteiger partial charge is 2.00 e. The fourth-order valence-corrected chi connectivity index (χ4v) is 4.30. The summed E-state index contributed by atoms with van der Waals surface area (Å²) in [6.45, 7) is 9.25. The van der Waals surface area contributed by atoms with Gasteiger partial charge in [-0.25, -0.2) is 0 Å². The topological polar surface area (TPSA) is 161 Å². The molecule has 252 valence electrons. The molecule has 5 rings (SSSR count). The molecule has 0 spiro atoms. The zero-order chi connectivity index (χ0) is 32.7. The molecule has 3 heterocycles. The van der Waals surface area contributed by atoms with Crippen LogP contribution >= 0.6 is 0 Å². The SMILES string of the molecule is O=C([O-])c1ccncc1.O=C([O-])c1ccncc1.[Ni+2].c1ccc(CN2CNCCNCN(Cc3ccccc3)CNCCNC2)cc1. The number of carbonyl (C=O) groups is 2. The number of pyridine rings is 2. The number of hydrogen-bond acceptors (Lipinski definition) is 12. The van der Waals surface area contributed by atoms with Crippen molar-refractivity contribution in [1.82, 2.24) is 41.0 Å². The second kappa shape index (κ2) is 24.2. The van der Waals surface area contributed by atoms with Crippen LogP contribution in [0.25, 0.3) is 0 Å². The summed E-state index contributed by atoms with van der Waals surface area (Å²) in [5, 5.41) is 34.4. The number of aromatic nitrogens is 2. The zero-order valence-electron chi connectivity index (χ0n) is 26.2. The summed E-state index contributed by atoms with van der Waals surface area (Å²) in [6.07, 6.45) is 5.63. The van der Waals surface area contributed by atoms with Gasteiger partial charge in [-0.2, -0.15) is 0 Å². The van der Waals surface area contributed by atoms with Crippen LogP contribution in [0.4, 0.5) is 0 Å². The fourth-order valence-electron chi connectivity index (χ4n) is 4.30. The third-order valence-electron chi connectivity index (χ3n) is 6.63. The van der Waals surface area contributed by atoms with E-state index in [1.54, 1.807) is 0 Å². The molecule has 12 nitrogen and oxygen atoms in total. The van der Waals surface area contributed by atoms with E-state index in [1.165, 1.54) is 60.2 Å². The second-order valence-corrected chi connectivity index (χ2v) is 10.3. The van der Waals surface area contributed by atoms with Gasteiger partial charge in [-0.15, -0.1) is 0 Å². The summed E-state index contributed by atoms with van der Waals surface area (Å²) in [4.78, 5) is 32.2. The van der Waals surface area contributed by atoms with Gasteiger partial charge in [0.15, 0.2) is 0 Å². The maximum absolute atomic E-state index is 10.1. The Bertz CT molecular complexity index is 1250. The van der Waals surface area contributed by atoms with Crippen LogP contribution in [0.15, 0.2) is 110 Å². The standard InChI is InChI=1S/C22H34N6.2C6H5NO2.Ni/c1-3-7-21(8-4-1)15-27-17-23-11-13-25-19-28(20-26-14-12-24-18-27)16-22-9-5-2-6-10-22;2*8-6(9)5-1-3-7-4-2-5;/h1-10,23-26H,11-20H2;2*1-4H,(H,8,9);/q;;;+2/p-2. The maximum atomic E-state index is 10.1. The molecule has 4 aromatic rings. The van der Waals surface area contributed by atoms with E-state index in [0.29, 0.717) is 0 Å². The molecular formula is C34H42N8NiO4. The molecule has 0 aliphatic carbocycles. The van der Waals surface area contributed by atoms with E-state index < -0.39 is 11.9 Å². The van der Waals surface area contributed by atoms with Crippen molar-refractivity contribution < 1.29 is 36.3 Å². The number of benzene rings is 2. The molecule has 0 atom stereocenters. The molecule has 4 N–H and O–H groups in total. The first kappa shape index (κ1) is 39.1. The number of carboxylic acid groups (broad SMARTS) is 2. The van der Waals surface area contributed by atoms with E-state index in [9.17, 15) is 19.8 Å². The molecule has 2 aromatic heterocycles. The van der Waals surface area contributed by atoms with Gasteiger partial charge in [-0.05, 0) is 35.4 Å². The van der Waals surface area contributed by atoms with Gasteiger partial charge < -0.3 is 41.1 Å². The number of nitrogens with zero attached hydrogens (tertiary/aromatic N) is 4. The minimum Gasteiger partial charge on any atom is -0.545 e. The predicted octanol–water partition coefficient (Wildman–Crippen LogP) is 0.0805. The number of rotatable bonds is 6. The number of aromatic carboxylic acids is 2. The maximum Gasteiger partial charge on any atom is 2.00 e. The third-order valence-corrected chi connectivity index (χ3v) is 6.63. The van der Waals surface area contributed by atoms with Gasteiger partial charge in [0.2, 0.25) is 0 Å². The Morgan fingerprint density at radius 2 is 0.830 bits per heavy atom. The molecule has 1 aliphatic heterocycles. The Kier molecular flexibility index (Phi) is 20.1.